The summed E-state index contributed by atoms with van der Waals surface area (Å²) in [5.74, 6) is 2.83. The van der Waals surface area contributed by atoms with Crippen molar-refractivity contribution in [1.82, 2.24) is 19.6 Å². The third-order valence-corrected chi connectivity index (χ3v) is 7.11. The molecule has 4 aliphatic rings. The molecule has 2 spiro atoms. The van der Waals surface area contributed by atoms with E-state index in [2.05, 4.69) is 25.9 Å². The number of hydrogen-bond donors (Lipinski definition) is 0. The fourth-order valence-corrected chi connectivity index (χ4v) is 5.38. The maximum atomic E-state index is 5.70. The van der Waals surface area contributed by atoms with E-state index in [1.165, 1.54) is 12.8 Å². The van der Waals surface area contributed by atoms with E-state index in [0.717, 1.165) is 77.1 Å². The molecule has 4 saturated heterocycles. The van der Waals surface area contributed by atoms with Crippen LogP contribution in [0.15, 0.2) is 12.4 Å². The Labute approximate surface area is 158 Å². The molecule has 2 aromatic heterocycles. The van der Waals surface area contributed by atoms with Gasteiger partial charge >= 0.3 is 0 Å². The first-order valence-electron chi connectivity index (χ1n) is 10.1. The zero-order valence-electron chi connectivity index (χ0n) is 15.6. The molecule has 2 aromatic rings. The number of aromatic nitrogens is 4. The average molecular weight is 370 g/mol. The fourth-order valence-electron chi connectivity index (χ4n) is 5.38. The quantitative estimate of drug-likeness (QED) is 0.791. The van der Waals surface area contributed by atoms with Gasteiger partial charge in [-0.15, -0.1) is 0 Å². The molecule has 6 heterocycles. The van der Waals surface area contributed by atoms with E-state index >= 15 is 0 Å². The van der Waals surface area contributed by atoms with Crippen molar-refractivity contribution in [2.75, 3.05) is 62.4 Å². The van der Waals surface area contributed by atoms with Crippen LogP contribution in [0.25, 0.3) is 5.78 Å². The summed E-state index contributed by atoms with van der Waals surface area (Å²) in [7, 11) is 0. The van der Waals surface area contributed by atoms with Gasteiger partial charge in [-0.2, -0.15) is 19.6 Å². The topological polar surface area (TPSA) is 68.0 Å². The van der Waals surface area contributed by atoms with Crippen LogP contribution in [-0.2, 0) is 9.47 Å². The molecule has 0 aromatic carbocycles. The minimum atomic E-state index is 0.315. The first-order chi connectivity index (χ1) is 13.2. The summed E-state index contributed by atoms with van der Waals surface area (Å²) in [6.07, 6.45) is 6.31. The SMILES string of the molecule is c1nc2nc(N3CCC4(CCOC4)C3)cc(N3CCC4(CCOC4)C3)n2n1. The van der Waals surface area contributed by atoms with Crippen molar-refractivity contribution in [3.8, 4) is 0 Å². The molecule has 0 bridgehead atoms. The molecule has 0 radical (unpaired) electrons. The Morgan fingerprint density at radius 3 is 2.30 bits per heavy atom. The fraction of sp³-hybridized carbons (Fsp3) is 0.737. The molecular formula is C19H26N6O2. The smallest absolute Gasteiger partial charge is 0.256 e. The number of ether oxygens (including phenoxy) is 2. The van der Waals surface area contributed by atoms with E-state index in [-0.39, 0.29) is 0 Å². The lowest BCUT2D eigenvalue weighted by atomic mass is 9.87. The van der Waals surface area contributed by atoms with Crippen LogP contribution in [0.2, 0.25) is 0 Å². The van der Waals surface area contributed by atoms with Crippen molar-refractivity contribution in [3.63, 3.8) is 0 Å². The lowest BCUT2D eigenvalue weighted by Crippen LogP contribution is -2.30. The first-order valence-corrected chi connectivity index (χ1v) is 10.1. The Morgan fingerprint density at radius 1 is 0.889 bits per heavy atom. The minimum absolute atomic E-state index is 0.315. The van der Waals surface area contributed by atoms with E-state index in [9.17, 15) is 0 Å². The number of nitrogens with zero attached hydrogens (tertiary/aromatic N) is 6. The van der Waals surface area contributed by atoms with E-state index in [4.69, 9.17) is 14.5 Å². The molecular weight excluding hydrogens is 344 g/mol. The normalized spacial score (nSPS) is 33.5. The van der Waals surface area contributed by atoms with Crippen LogP contribution in [0.5, 0.6) is 0 Å². The van der Waals surface area contributed by atoms with Crippen molar-refractivity contribution in [2.45, 2.75) is 25.7 Å². The van der Waals surface area contributed by atoms with Crippen LogP contribution < -0.4 is 9.80 Å². The van der Waals surface area contributed by atoms with Gasteiger partial charge in [0.05, 0.1) is 13.2 Å². The minimum Gasteiger partial charge on any atom is -0.381 e. The summed E-state index contributed by atoms with van der Waals surface area (Å²) in [6.45, 7) is 7.71. The van der Waals surface area contributed by atoms with Gasteiger partial charge in [0.2, 0.25) is 0 Å². The molecule has 6 rings (SSSR count). The third kappa shape index (κ3) is 2.53. The second-order valence-corrected chi connectivity index (χ2v) is 8.89. The van der Waals surface area contributed by atoms with E-state index in [1.807, 2.05) is 4.52 Å². The van der Waals surface area contributed by atoms with Crippen molar-refractivity contribution < 1.29 is 9.47 Å². The first kappa shape index (κ1) is 16.1. The molecule has 0 N–H and O–H groups in total. The summed E-state index contributed by atoms with van der Waals surface area (Å²) in [6, 6.07) is 2.21. The monoisotopic (exact) mass is 370 g/mol. The Kier molecular flexibility index (Phi) is 3.44. The Hall–Kier alpha value is -1.93. The Balaban J connectivity index is 1.33. The maximum absolute atomic E-state index is 5.70. The second-order valence-electron chi connectivity index (χ2n) is 8.89. The molecule has 27 heavy (non-hydrogen) atoms. The van der Waals surface area contributed by atoms with Crippen molar-refractivity contribution >= 4 is 17.4 Å². The molecule has 2 unspecified atom stereocenters. The number of rotatable bonds is 2. The zero-order valence-corrected chi connectivity index (χ0v) is 15.6. The third-order valence-electron chi connectivity index (χ3n) is 7.11. The van der Waals surface area contributed by atoms with Gasteiger partial charge in [0.25, 0.3) is 5.78 Å². The van der Waals surface area contributed by atoms with Gasteiger partial charge in [-0.1, -0.05) is 0 Å². The van der Waals surface area contributed by atoms with Crippen molar-refractivity contribution in [2.24, 2.45) is 10.8 Å². The summed E-state index contributed by atoms with van der Waals surface area (Å²) in [5.41, 5.74) is 0.635. The lowest BCUT2D eigenvalue weighted by molar-refractivity contribution is 0.160. The lowest BCUT2D eigenvalue weighted by Gasteiger charge is -2.26. The Morgan fingerprint density at radius 2 is 1.59 bits per heavy atom. The zero-order chi connectivity index (χ0) is 17.9. The van der Waals surface area contributed by atoms with E-state index in [0.29, 0.717) is 16.6 Å². The molecule has 0 aliphatic carbocycles. The van der Waals surface area contributed by atoms with E-state index in [1.54, 1.807) is 6.33 Å². The average Bonchev–Trinajstić information content (AvgIpc) is 3.49. The van der Waals surface area contributed by atoms with Crippen LogP contribution in [-0.4, -0.2) is 72.2 Å². The highest BCUT2D eigenvalue weighted by Gasteiger charge is 2.43. The van der Waals surface area contributed by atoms with Gasteiger partial charge in [-0.05, 0) is 25.7 Å². The second kappa shape index (κ2) is 5.78. The van der Waals surface area contributed by atoms with Crippen LogP contribution in [0, 0.1) is 10.8 Å². The molecule has 2 atom stereocenters. The van der Waals surface area contributed by atoms with Crippen molar-refractivity contribution in [3.05, 3.63) is 12.4 Å². The molecule has 0 amide bonds. The van der Waals surface area contributed by atoms with Gasteiger partial charge < -0.3 is 19.3 Å². The summed E-state index contributed by atoms with van der Waals surface area (Å²) in [5, 5.41) is 4.45. The van der Waals surface area contributed by atoms with Gasteiger partial charge in [-0.25, -0.2) is 0 Å². The van der Waals surface area contributed by atoms with Crippen LogP contribution >= 0.6 is 0 Å². The van der Waals surface area contributed by atoms with E-state index < -0.39 is 0 Å². The summed E-state index contributed by atoms with van der Waals surface area (Å²) < 4.78 is 13.3. The molecule has 8 heteroatoms. The van der Waals surface area contributed by atoms with Gasteiger partial charge in [0, 0.05) is 56.3 Å². The molecule has 4 fully saturated rings. The standard InChI is InChI=1S/C19H26N6O2/c1-5-23(10-18(1)3-7-26-12-18)15-9-16(25-17(22-15)20-14-21-25)24-6-2-19(11-24)4-8-27-13-19/h9,14H,1-8,10-13H2. The highest BCUT2D eigenvalue weighted by molar-refractivity contribution is 5.58. The Bertz CT molecular complexity index is 855. The van der Waals surface area contributed by atoms with Gasteiger partial charge in [0.15, 0.2) is 0 Å². The highest BCUT2D eigenvalue weighted by Crippen LogP contribution is 2.42. The van der Waals surface area contributed by atoms with Crippen LogP contribution in [0.3, 0.4) is 0 Å². The predicted molar refractivity (Wildman–Crippen MR) is 100 cm³/mol. The summed E-state index contributed by atoms with van der Waals surface area (Å²) >= 11 is 0. The largest absolute Gasteiger partial charge is 0.381 e. The van der Waals surface area contributed by atoms with Crippen LogP contribution in [0.4, 0.5) is 11.6 Å². The number of hydrogen-bond acceptors (Lipinski definition) is 7. The molecule has 4 aliphatic heterocycles. The predicted octanol–water partition coefficient (Wildman–Crippen LogP) is 1.36. The van der Waals surface area contributed by atoms with Crippen molar-refractivity contribution in [1.29, 1.82) is 0 Å². The number of fused-ring (bicyclic) bond motifs is 1. The van der Waals surface area contributed by atoms with Crippen LogP contribution in [0.1, 0.15) is 25.7 Å². The molecule has 8 nitrogen and oxygen atoms in total. The maximum Gasteiger partial charge on any atom is 0.256 e. The number of anilines is 2. The van der Waals surface area contributed by atoms with Gasteiger partial charge in [-0.3, -0.25) is 0 Å². The van der Waals surface area contributed by atoms with Gasteiger partial charge in [0.1, 0.15) is 18.0 Å². The molecule has 0 saturated carbocycles. The molecule has 144 valence electrons. The highest BCUT2D eigenvalue weighted by atomic mass is 16.5. The summed E-state index contributed by atoms with van der Waals surface area (Å²) in [4.78, 5) is 14.1.